The van der Waals surface area contributed by atoms with Gasteiger partial charge in [-0.2, -0.15) is 0 Å². The average Bonchev–Trinajstić information content (AvgIpc) is 2.03. The van der Waals surface area contributed by atoms with Gasteiger partial charge in [-0.3, -0.25) is 0 Å². The van der Waals surface area contributed by atoms with Crippen LogP contribution < -0.4 is 5.32 Å². The molecule has 1 aliphatic carbocycles. The highest BCUT2D eigenvalue weighted by molar-refractivity contribution is 4.79. The zero-order valence-corrected chi connectivity index (χ0v) is 6.72. The summed E-state index contributed by atoms with van der Waals surface area (Å²) in [6, 6.07) is 0.138. The summed E-state index contributed by atoms with van der Waals surface area (Å²) in [5.74, 6) is 0. The van der Waals surface area contributed by atoms with Gasteiger partial charge in [0.2, 0.25) is 0 Å². The van der Waals surface area contributed by atoms with Gasteiger partial charge in [-0.25, -0.2) is 4.39 Å². The first kappa shape index (κ1) is 8.94. The van der Waals surface area contributed by atoms with Gasteiger partial charge in [-0.15, -0.1) is 0 Å². The zero-order chi connectivity index (χ0) is 8.10. The van der Waals surface area contributed by atoms with Gasteiger partial charge in [0.05, 0.1) is 6.10 Å². The van der Waals surface area contributed by atoms with Crippen molar-refractivity contribution >= 4 is 0 Å². The first-order valence-electron chi connectivity index (χ1n) is 4.32. The van der Waals surface area contributed by atoms with Crippen molar-refractivity contribution in [1.29, 1.82) is 0 Å². The summed E-state index contributed by atoms with van der Waals surface area (Å²) in [5, 5.41) is 12.4. The molecular weight excluding hydrogens is 145 g/mol. The summed E-state index contributed by atoms with van der Waals surface area (Å²) >= 11 is 0. The lowest BCUT2D eigenvalue weighted by Crippen LogP contribution is -2.42. The molecule has 0 aromatic heterocycles. The number of hydrogen-bond acceptors (Lipinski definition) is 2. The first-order valence-corrected chi connectivity index (χ1v) is 4.32. The summed E-state index contributed by atoms with van der Waals surface area (Å²) in [7, 11) is 0. The van der Waals surface area contributed by atoms with Gasteiger partial charge in [0.25, 0.3) is 0 Å². The molecule has 0 aromatic carbocycles. The smallest absolute Gasteiger partial charge is 0.102 e. The molecule has 0 aliphatic heterocycles. The third-order valence-corrected chi connectivity index (χ3v) is 2.23. The molecule has 0 spiro atoms. The fourth-order valence-corrected chi connectivity index (χ4v) is 1.59. The van der Waals surface area contributed by atoms with Crippen LogP contribution in [0.2, 0.25) is 0 Å². The Balaban J connectivity index is 2.18. The highest BCUT2D eigenvalue weighted by atomic mass is 19.1. The molecule has 0 unspecified atom stereocenters. The van der Waals surface area contributed by atoms with Gasteiger partial charge in [0.1, 0.15) is 6.67 Å². The zero-order valence-electron chi connectivity index (χ0n) is 6.72. The molecule has 1 fully saturated rings. The van der Waals surface area contributed by atoms with Crippen molar-refractivity contribution in [2.24, 2.45) is 0 Å². The lowest BCUT2D eigenvalue weighted by atomic mass is 9.93. The average molecular weight is 161 g/mol. The highest BCUT2D eigenvalue weighted by Crippen LogP contribution is 2.17. The van der Waals surface area contributed by atoms with E-state index in [-0.39, 0.29) is 18.8 Å². The Morgan fingerprint density at radius 2 is 2.09 bits per heavy atom. The molecule has 0 bridgehead atoms. The van der Waals surface area contributed by atoms with Crippen molar-refractivity contribution in [3.8, 4) is 0 Å². The van der Waals surface area contributed by atoms with Crippen LogP contribution in [-0.2, 0) is 0 Å². The Labute approximate surface area is 66.8 Å². The van der Waals surface area contributed by atoms with Crippen LogP contribution in [0.3, 0.4) is 0 Å². The van der Waals surface area contributed by atoms with E-state index in [4.69, 9.17) is 0 Å². The van der Waals surface area contributed by atoms with Gasteiger partial charge in [0, 0.05) is 12.6 Å². The van der Waals surface area contributed by atoms with Gasteiger partial charge >= 0.3 is 0 Å². The molecule has 0 amide bonds. The predicted molar refractivity (Wildman–Crippen MR) is 42.2 cm³/mol. The van der Waals surface area contributed by atoms with Crippen LogP contribution in [0.1, 0.15) is 25.7 Å². The van der Waals surface area contributed by atoms with E-state index >= 15 is 0 Å². The molecule has 11 heavy (non-hydrogen) atoms. The van der Waals surface area contributed by atoms with Crippen molar-refractivity contribution in [3.05, 3.63) is 0 Å². The van der Waals surface area contributed by atoms with Crippen LogP contribution in [0.5, 0.6) is 0 Å². The van der Waals surface area contributed by atoms with Crippen LogP contribution in [0.4, 0.5) is 4.39 Å². The minimum Gasteiger partial charge on any atom is -0.392 e. The van der Waals surface area contributed by atoms with Crippen LogP contribution in [-0.4, -0.2) is 30.5 Å². The number of halogens is 1. The van der Waals surface area contributed by atoms with Crippen molar-refractivity contribution in [1.82, 2.24) is 5.32 Å². The van der Waals surface area contributed by atoms with E-state index in [1.165, 1.54) is 0 Å². The molecule has 0 saturated heterocycles. The molecule has 0 aromatic rings. The molecule has 0 radical (unpaired) electrons. The van der Waals surface area contributed by atoms with Crippen LogP contribution in [0, 0.1) is 0 Å². The Kier molecular flexibility index (Phi) is 3.80. The van der Waals surface area contributed by atoms with Crippen LogP contribution in [0.25, 0.3) is 0 Å². The minimum absolute atomic E-state index is 0.138. The summed E-state index contributed by atoms with van der Waals surface area (Å²) in [6.07, 6.45) is 3.86. The van der Waals surface area contributed by atoms with Gasteiger partial charge in [0.15, 0.2) is 0 Å². The van der Waals surface area contributed by atoms with E-state index in [2.05, 4.69) is 5.32 Å². The number of aliphatic hydroxyl groups excluding tert-OH is 1. The molecular formula is C8H16FNO. The summed E-state index contributed by atoms with van der Waals surface area (Å²) < 4.78 is 11.7. The Bertz CT molecular complexity index is 110. The fraction of sp³-hybridized carbons (Fsp3) is 1.00. The topological polar surface area (TPSA) is 32.3 Å². The van der Waals surface area contributed by atoms with Crippen molar-refractivity contribution in [3.63, 3.8) is 0 Å². The van der Waals surface area contributed by atoms with Crippen LogP contribution >= 0.6 is 0 Å². The quantitative estimate of drug-likeness (QED) is 0.643. The Morgan fingerprint density at radius 3 is 2.73 bits per heavy atom. The summed E-state index contributed by atoms with van der Waals surface area (Å²) in [6.45, 7) is 0.0327. The lowest BCUT2D eigenvalue weighted by Gasteiger charge is -2.27. The molecule has 2 nitrogen and oxygen atoms in total. The number of alkyl halides is 1. The molecule has 66 valence electrons. The molecule has 1 saturated carbocycles. The maximum absolute atomic E-state index is 11.7. The number of aliphatic hydroxyl groups is 1. The summed E-state index contributed by atoms with van der Waals surface area (Å²) in [5.41, 5.74) is 0. The second-order valence-electron chi connectivity index (χ2n) is 3.10. The highest BCUT2D eigenvalue weighted by Gasteiger charge is 2.21. The Morgan fingerprint density at radius 1 is 1.36 bits per heavy atom. The molecule has 0 heterocycles. The van der Waals surface area contributed by atoms with Crippen molar-refractivity contribution in [2.75, 3.05) is 13.2 Å². The van der Waals surface area contributed by atoms with Crippen molar-refractivity contribution < 1.29 is 9.50 Å². The molecule has 2 N–H and O–H groups in total. The maximum atomic E-state index is 11.7. The van der Waals surface area contributed by atoms with E-state index in [0.29, 0.717) is 6.54 Å². The fourth-order valence-electron chi connectivity index (χ4n) is 1.59. The van der Waals surface area contributed by atoms with Gasteiger partial charge in [-0.1, -0.05) is 12.8 Å². The molecule has 3 heteroatoms. The van der Waals surface area contributed by atoms with E-state index < -0.39 is 0 Å². The van der Waals surface area contributed by atoms with Crippen molar-refractivity contribution in [2.45, 2.75) is 37.8 Å². The molecule has 1 aliphatic rings. The SMILES string of the molecule is O[C@@H]1CCCC[C@H]1NCCF. The lowest BCUT2D eigenvalue weighted by molar-refractivity contribution is 0.0903. The number of hydrogen-bond donors (Lipinski definition) is 2. The standard InChI is InChI=1S/C8H16FNO/c9-5-6-10-7-3-1-2-4-8(7)11/h7-8,10-11H,1-6H2/t7-,8-/m1/s1. The monoisotopic (exact) mass is 161 g/mol. The Hall–Kier alpha value is -0.150. The van der Waals surface area contributed by atoms with E-state index in [0.717, 1.165) is 25.7 Å². The van der Waals surface area contributed by atoms with Crippen LogP contribution in [0.15, 0.2) is 0 Å². The molecule has 1 rings (SSSR count). The van der Waals surface area contributed by atoms with Gasteiger partial charge in [-0.05, 0) is 12.8 Å². The largest absolute Gasteiger partial charge is 0.392 e. The van der Waals surface area contributed by atoms with E-state index in [9.17, 15) is 9.50 Å². The number of rotatable bonds is 3. The second-order valence-corrected chi connectivity index (χ2v) is 3.10. The maximum Gasteiger partial charge on any atom is 0.102 e. The summed E-state index contributed by atoms with van der Waals surface area (Å²) in [4.78, 5) is 0. The second kappa shape index (κ2) is 4.67. The van der Waals surface area contributed by atoms with E-state index in [1.807, 2.05) is 0 Å². The predicted octanol–water partition coefficient (Wildman–Crippen LogP) is 0.849. The van der Waals surface area contributed by atoms with Gasteiger partial charge < -0.3 is 10.4 Å². The minimum atomic E-state index is -0.344. The third-order valence-electron chi connectivity index (χ3n) is 2.23. The third kappa shape index (κ3) is 2.75. The molecule has 2 atom stereocenters. The van der Waals surface area contributed by atoms with E-state index in [1.54, 1.807) is 0 Å². The first-order chi connectivity index (χ1) is 5.34. The normalized spacial score (nSPS) is 32.2. The number of nitrogens with one attached hydrogen (secondary N) is 1.